The number of thiophene rings is 2. The molecule has 2 amide bonds. The van der Waals surface area contributed by atoms with Gasteiger partial charge in [0.1, 0.15) is 16.3 Å². The number of imide groups is 1. The summed E-state index contributed by atoms with van der Waals surface area (Å²) in [5.74, 6) is -0.0331. The second-order valence-corrected chi connectivity index (χ2v) is 9.27. The van der Waals surface area contributed by atoms with E-state index in [1.165, 1.54) is 34.8 Å². The number of non-ortho nitro benzene ring substituents is 1. The number of carbonyl (C=O) groups excluding carboxylic acids is 2. The van der Waals surface area contributed by atoms with E-state index < -0.39 is 16.7 Å². The fraction of sp³-hybridized carbons (Fsp3) is 0.0909. The Morgan fingerprint density at radius 1 is 1.06 bits per heavy atom. The molecule has 0 spiro atoms. The minimum absolute atomic E-state index is 0. The van der Waals surface area contributed by atoms with Crippen LogP contribution in [0.1, 0.15) is 12.5 Å². The van der Waals surface area contributed by atoms with E-state index in [-0.39, 0.29) is 29.4 Å². The van der Waals surface area contributed by atoms with E-state index in [1.807, 2.05) is 24.4 Å². The van der Waals surface area contributed by atoms with Crippen LogP contribution in [-0.2, 0) is 9.59 Å². The Bertz CT molecular complexity index is 1490. The van der Waals surface area contributed by atoms with E-state index in [9.17, 15) is 19.7 Å². The van der Waals surface area contributed by atoms with Gasteiger partial charge in [0.05, 0.1) is 15.2 Å². The van der Waals surface area contributed by atoms with E-state index in [0.29, 0.717) is 16.5 Å². The van der Waals surface area contributed by atoms with Gasteiger partial charge in [0, 0.05) is 22.6 Å². The summed E-state index contributed by atoms with van der Waals surface area (Å²) in [7, 11) is 0. The molecular weight excluding hydrogens is 498 g/mol. The molecule has 0 aliphatic carbocycles. The molecule has 1 aromatic carbocycles. The molecule has 0 fully saturated rings. The number of nitrogens with zero attached hydrogens (tertiary/aromatic N) is 3. The highest BCUT2D eigenvalue weighted by Gasteiger charge is 2.29. The largest absolute Gasteiger partial charge is 0.335 e. The summed E-state index contributed by atoms with van der Waals surface area (Å²) in [5.41, 5.74) is 2.13. The van der Waals surface area contributed by atoms with Gasteiger partial charge in [-0.2, -0.15) is 0 Å². The zero-order chi connectivity index (χ0) is 23.3. The molecule has 0 bridgehead atoms. The van der Waals surface area contributed by atoms with Crippen LogP contribution in [0.2, 0.25) is 0 Å². The normalized spacial score (nSPS) is 13.2. The number of amides is 2. The lowest BCUT2D eigenvalue weighted by Crippen LogP contribution is -2.24. The maximum atomic E-state index is 12.3. The van der Waals surface area contributed by atoms with Crippen molar-refractivity contribution in [3.8, 4) is 21.1 Å². The van der Waals surface area contributed by atoms with E-state index in [1.54, 1.807) is 19.1 Å². The summed E-state index contributed by atoms with van der Waals surface area (Å²) >= 11 is 2.93. The van der Waals surface area contributed by atoms with Gasteiger partial charge in [-0.25, -0.2) is 9.97 Å². The summed E-state index contributed by atoms with van der Waals surface area (Å²) in [4.78, 5) is 46.7. The highest BCUT2D eigenvalue weighted by molar-refractivity contribution is 7.22. The average molecular weight is 514 g/mol. The first-order valence-electron chi connectivity index (χ1n) is 9.77. The molecule has 12 heteroatoms. The Kier molecular flexibility index (Phi) is 6.17. The van der Waals surface area contributed by atoms with Crippen LogP contribution >= 0.6 is 35.1 Å². The average Bonchev–Trinajstić information content (AvgIpc) is 3.50. The SMILES string of the molecule is CC1=C(Nc2nc(-c3cccs3)nc3sc(-c4ccc([N+](=O)[O-])cc4)c(C)c23)C(=O)NC1=O.Cl. The van der Waals surface area contributed by atoms with Crippen LogP contribution in [0.4, 0.5) is 11.5 Å². The number of carbonyl (C=O) groups is 2. The first-order valence-corrected chi connectivity index (χ1v) is 11.5. The predicted molar refractivity (Wildman–Crippen MR) is 134 cm³/mol. The summed E-state index contributed by atoms with van der Waals surface area (Å²) in [5, 5.41) is 19.0. The Morgan fingerprint density at radius 2 is 1.79 bits per heavy atom. The molecule has 4 heterocycles. The Hall–Kier alpha value is -3.67. The van der Waals surface area contributed by atoms with Gasteiger partial charge in [0.25, 0.3) is 17.5 Å². The third kappa shape index (κ3) is 3.94. The van der Waals surface area contributed by atoms with Gasteiger partial charge in [0.2, 0.25) is 0 Å². The first kappa shape index (κ1) is 23.5. The van der Waals surface area contributed by atoms with Crippen molar-refractivity contribution in [3.05, 3.63) is 68.7 Å². The van der Waals surface area contributed by atoms with Gasteiger partial charge in [-0.05, 0) is 48.6 Å². The molecule has 172 valence electrons. The fourth-order valence-corrected chi connectivity index (χ4v) is 5.41. The molecule has 1 aliphatic rings. The molecule has 2 N–H and O–H groups in total. The quantitative estimate of drug-likeness (QED) is 0.217. The molecular formula is C22H16ClN5O4S2. The highest BCUT2D eigenvalue weighted by atomic mass is 35.5. The zero-order valence-electron chi connectivity index (χ0n) is 17.7. The molecule has 1 aliphatic heterocycles. The van der Waals surface area contributed by atoms with Gasteiger partial charge in [-0.3, -0.25) is 25.0 Å². The second-order valence-electron chi connectivity index (χ2n) is 7.32. The smallest absolute Gasteiger partial charge is 0.275 e. The molecule has 0 saturated carbocycles. The van der Waals surface area contributed by atoms with Crippen LogP contribution in [-0.4, -0.2) is 26.7 Å². The number of halogens is 1. The minimum Gasteiger partial charge on any atom is -0.335 e. The molecule has 0 atom stereocenters. The topological polar surface area (TPSA) is 127 Å². The monoisotopic (exact) mass is 513 g/mol. The van der Waals surface area contributed by atoms with Gasteiger partial charge < -0.3 is 5.32 Å². The fourth-order valence-electron chi connectivity index (χ4n) is 3.57. The zero-order valence-corrected chi connectivity index (χ0v) is 20.2. The number of aromatic nitrogens is 2. The van der Waals surface area contributed by atoms with Crippen molar-refractivity contribution >= 4 is 68.6 Å². The van der Waals surface area contributed by atoms with Gasteiger partial charge in [-0.1, -0.05) is 6.07 Å². The summed E-state index contributed by atoms with van der Waals surface area (Å²) < 4.78 is 0. The number of anilines is 1. The van der Waals surface area contributed by atoms with Crippen molar-refractivity contribution < 1.29 is 14.5 Å². The second kappa shape index (κ2) is 8.93. The Morgan fingerprint density at radius 3 is 2.38 bits per heavy atom. The third-order valence-electron chi connectivity index (χ3n) is 5.29. The summed E-state index contributed by atoms with van der Waals surface area (Å²) in [6.07, 6.45) is 0. The van der Waals surface area contributed by atoms with Crippen LogP contribution in [0.3, 0.4) is 0 Å². The molecule has 34 heavy (non-hydrogen) atoms. The van der Waals surface area contributed by atoms with Crippen LogP contribution in [0.25, 0.3) is 31.4 Å². The van der Waals surface area contributed by atoms with Gasteiger partial charge >= 0.3 is 0 Å². The van der Waals surface area contributed by atoms with Crippen molar-refractivity contribution in [1.29, 1.82) is 0 Å². The number of nitro groups is 1. The van der Waals surface area contributed by atoms with E-state index in [0.717, 1.165) is 26.3 Å². The van der Waals surface area contributed by atoms with Crippen molar-refractivity contribution in [1.82, 2.24) is 15.3 Å². The first-order chi connectivity index (χ1) is 15.8. The number of hydrogen-bond donors (Lipinski definition) is 2. The van der Waals surface area contributed by atoms with Crippen molar-refractivity contribution in [3.63, 3.8) is 0 Å². The minimum atomic E-state index is -0.509. The number of rotatable bonds is 5. The van der Waals surface area contributed by atoms with Crippen LogP contribution in [0.5, 0.6) is 0 Å². The molecule has 0 saturated heterocycles. The molecule has 3 aromatic heterocycles. The van der Waals surface area contributed by atoms with E-state index >= 15 is 0 Å². The standard InChI is InChI=1S/C22H15N5O4S2.ClH/c1-10-15-19(23-16-11(2)20(28)26-21(16)29)24-18(14-4-3-9-32-14)25-22(15)33-17(10)12-5-7-13(8-6-12)27(30)31;/h3-9H,1-2H3,(H2,23,24,25,26,28,29);1H. The maximum Gasteiger partial charge on any atom is 0.275 e. The number of benzene rings is 1. The molecule has 4 aromatic rings. The number of nitrogens with one attached hydrogen (secondary N) is 2. The van der Waals surface area contributed by atoms with Gasteiger partial charge in [-0.15, -0.1) is 35.1 Å². The maximum absolute atomic E-state index is 12.3. The van der Waals surface area contributed by atoms with Crippen LogP contribution in [0.15, 0.2) is 53.0 Å². The number of fused-ring (bicyclic) bond motifs is 1. The van der Waals surface area contributed by atoms with Crippen LogP contribution < -0.4 is 10.6 Å². The molecule has 5 rings (SSSR count). The molecule has 9 nitrogen and oxygen atoms in total. The molecule has 0 radical (unpaired) electrons. The van der Waals surface area contributed by atoms with Crippen molar-refractivity contribution in [2.75, 3.05) is 5.32 Å². The van der Waals surface area contributed by atoms with Gasteiger partial charge in [0.15, 0.2) is 5.82 Å². The lowest BCUT2D eigenvalue weighted by atomic mass is 10.1. The highest BCUT2D eigenvalue weighted by Crippen LogP contribution is 2.42. The Labute approximate surface area is 207 Å². The van der Waals surface area contributed by atoms with Crippen LogP contribution in [0, 0.1) is 17.0 Å². The van der Waals surface area contributed by atoms with Crippen molar-refractivity contribution in [2.24, 2.45) is 0 Å². The van der Waals surface area contributed by atoms with Crippen molar-refractivity contribution in [2.45, 2.75) is 13.8 Å². The lowest BCUT2D eigenvalue weighted by Gasteiger charge is -2.09. The number of aryl methyl sites for hydroxylation is 1. The molecule has 0 unspecified atom stereocenters. The summed E-state index contributed by atoms with van der Waals surface area (Å²) in [6, 6.07) is 10.1. The number of hydrogen-bond acceptors (Lipinski definition) is 9. The third-order valence-corrected chi connectivity index (χ3v) is 7.39. The predicted octanol–water partition coefficient (Wildman–Crippen LogP) is 5.07. The Balaban J connectivity index is 0.00000274. The lowest BCUT2D eigenvalue weighted by molar-refractivity contribution is -0.384. The van der Waals surface area contributed by atoms with E-state index in [4.69, 9.17) is 4.98 Å². The summed E-state index contributed by atoms with van der Waals surface area (Å²) in [6.45, 7) is 3.49. The van der Waals surface area contributed by atoms with E-state index in [2.05, 4.69) is 15.6 Å². The number of nitro benzene ring substituents is 1.